The van der Waals surface area contributed by atoms with Crippen LogP contribution in [0.5, 0.6) is 0 Å². The lowest BCUT2D eigenvalue weighted by Gasteiger charge is -2.17. The third-order valence-corrected chi connectivity index (χ3v) is 2.75. The van der Waals surface area contributed by atoms with Crippen LogP contribution in [0.2, 0.25) is 0 Å². The monoisotopic (exact) mass is 205 g/mol. The molecular weight excluding hydrogens is 190 g/mol. The van der Waals surface area contributed by atoms with Gasteiger partial charge in [0.25, 0.3) is 0 Å². The molecule has 0 bridgehead atoms. The maximum absolute atomic E-state index is 8.52. The molecule has 14 heavy (non-hydrogen) atoms. The fourth-order valence-corrected chi connectivity index (χ4v) is 2.10. The van der Waals surface area contributed by atoms with Crippen molar-refractivity contribution in [2.45, 2.75) is 36.8 Å². The van der Waals surface area contributed by atoms with Crippen molar-refractivity contribution < 1.29 is 0 Å². The first-order chi connectivity index (χ1) is 6.51. The van der Waals surface area contributed by atoms with E-state index in [0.29, 0.717) is 6.42 Å². The number of rotatable bonds is 2. The van der Waals surface area contributed by atoms with Gasteiger partial charge in [0.1, 0.15) is 0 Å². The van der Waals surface area contributed by atoms with Gasteiger partial charge in [-0.15, -0.1) is 11.8 Å². The van der Waals surface area contributed by atoms with Gasteiger partial charge in [-0.1, -0.05) is 32.9 Å². The lowest BCUT2D eigenvalue weighted by molar-refractivity contribution is 0.803. The summed E-state index contributed by atoms with van der Waals surface area (Å²) in [7, 11) is 0. The molecule has 0 atom stereocenters. The fourth-order valence-electron chi connectivity index (χ4n) is 1.12. The molecule has 1 aromatic carbocycles. The smallest absolute Gasteiger partial charge is 0.0669 e. The molecule has 1 nitrogen and oxygen atoms in total. The second-order valence-corrected chi connectivity index (χ2v) is 6.09. The Morgan fingerprint density at radius 3 is 2.21 bits per heavy atom. The van der Waals surface area contributed by atoms with Crippen LogP contribution in [0.25, 0.3) is 0 Å². The van der Waals surface area contributed by atoms with Gasteiger partial charge in [0.15, 0.2) is 0 Å². The van der Waals surface area contributed by atoms with Gasteiger partial charge in [-0.3, -0.25) is 0 Å². The van der Waals surface area contributed by atoms with Gasteiger partial charge in [0.2, 0.25) is 0 Å². The average molecular weight is 205 g/mol. The first-order valence-electron chi connectivity index (χ1n) is 4.66. The molecule has 0 aliphatic rings. The number of nitrogens with zero attached hydrogens (tertiary/aromatic N) is 1. The molecule has 0 aromatic heterocycles. The quantitative estimate of drug-likeness (QED) is 0.688. The Kier molecular flexibility index (Phi) is 3.60. The number of thioether (sulfide) groups is 1. The minimum atomic E-state index is 0.247. The van der Waals surface area contributed by atoms with Crippen LogP contribution in [0.4, 0.5) is 0 Å². The summed E-state index contributed by atoms with van der Waals surface area (Å²) in [6, 6.07) is 10.4. The molecule has 1 rings (SSSR count). The summed E-state index contributed by atoms with van der Waals surface area (Å²) >= 11 is 1.84. The van der Waals surface area contributed by atoms with E-state index in [4.69, 9.17) is 5.26 Å². The Balaban J connectivity index is 2.70. The summed E-state index contributed by atoms with van der Waals surface area (Å²) in [4.78, 5) is 1.26. The Morgan fingerprint density at radius 1 is 1.21 bits per heavy atom. The molecule has 1 aromatic rings. The highest BCUT2D eigenvalue weighted by atomic mass is 32.2. The van der Waals surface area contributed by atoms with Gasteiger partial charge in [-0.05, 0) is 17.7 Å². The molecule has 0 unspecified atom stereocenters. The molecule has 2 heteroatoms. The third-order valence-electron chi connectivity index (χ3n) is 1.63. The number of nitriles is 1. The maximum Gasteiger partial charge on any atom is 0.0669 e. The molecular formula is C12H15NS. The van der Waals surface area contributed by atoms with Crippen LogP contribution >= 0.6 is 11.8 Å². The largest absolute Gasteiger partial charge is 0.198 e. The standard InChI is InChI=1S/C12H15NS/c1-12(2,3)14-11-6-4-10(5-7-11)8-9-13/h4-7H,8H2,1-3H3. The number of hydrogen-bond donors (Lipinski definition) is 0. The van der Waals surface area contributed by atoms with E-state index >= 15 is 0 Å². The molecule has 0 spiro atoms. The van der Waals surface area contributed by atoms with Crippen LogP contribution in [-0.4, -0.2) is 4.75 Å². The third kappa shape index (κ3) is 3.85. The van der Waals surface area contributed by atoms with E-state index in [1.165, 1.54) is 4.90 Å². The van der Waals surface area contributed by atoms with E-state index in [0.717, 1.165) is 5.56 Å². The van der Waals surface area contributed by atoms with Gasteiger partial charge >= 0.3 is 0 Å². The van der Waals surface area contributed by atoms with Gasteiger partial charge in [0.05, 0.1) is 12.5 Å². The topological polar surface area (TPSA) is 23.8 Å². The van der Waals surface area contributed by atoms with Crippen LogP contribution in [0.3, 0.4) is 0 Å². The van der Waals surface area contributed by atoms with Gasteiger partial charge in [0, 0.05) is 9.64 Å². The van der Waals surface area contributed by atoms with Crippen molar-refractivity contribution in [3.05, 3.63) is 29.8 Å². The average Bonchev–Trinajstić information content (AvgIpc) is 2.06. The van der Waals surface area contributed by atoms with Crippen molar-refractivity contribution >= 4 is 11.8 Å². The second kappa shape index (κ2) is 4.52. The van der Waals surface area contributed by atoms with Crippen molar-refractivity contribution in [2.24, 2.45) is 0 Å². The molecule has 74 valence electrons. The Labute approximate surface area is 90.1 Å². The van der Waals surface area contributed by atoms with E-state index in [1.807, 2.05) is 23.9 Å². The SMILES string of the molecule is CC(C)(C)Sc1ccc(CC#N)cc1. The fraction of sp³-hybridized carbons (Fsp3) is 0.417. The zero-order valence-corrected chi connectivity index (χ0v) is 9.69. The van der Waals surface area contributed by atoms with Crippen molar-refractivity contribution in [2.75, 3.05) is 0 Å². The highest BCUT2D eigenvalue weighted by molar-refractivity contribution is 8.00. The molecule has 0 saturated carbocycles. The van der Waals surface area contributed by atoms with Crippen LogP contribution in [-0.2, 0) is 6.42 Å². The van der Waals surface area contributed by atoms with Crippen molar-refractivity contribution in [1.29, 1.82) is 5.26 Å². The molecule has 0 N–H and O–H groups in total. The summed E-state index contributed by atoms with van der Waals surface area (Å²) in [5.74, 6) is 0. The first-order valence-corrected chi connectivity index (χ1v) is 5.48. The van der Waals surface area contributed by atoms with E-state index in [2.05, 4.69) is 39.0 Å². The zero-order chi connectivity index (χ0) is 10.6. The Bertz CT molecular complexity index is 327. The van der Waals surface area contributed by atoms with E-state index < -0.39 is 0 Å². The minimum Gasteiger partial charge on any atom is -0.198 e. The van der Waals surface area contributed by atoms with Crippen molar-refractivity contribution in [3.8, 4) is 6.07 Å². The lowest BCUT2D eigenvalue weighted by Crippen LogP contribution is -2.06. The van der Waals surface area contributed by atoms with Crippen molar-refractivity contribution in [3.63, 3.8) is 0 Å². The summed E-state index contributed by atoms with van der Waals surface area (Å²) in [6.45, 7) is 6.59. The summed E-state index contributed by atoms with van der Waals surface area (Å²) < 4.78 is 0.247. The molecule has 0 amide bonds. The van der Waals surface area contributed by atoms with Gasteiger partial charge in [-0.25, -0.2) is 0 Å². The Hall–Kier alpha value is -0.940. The minimum absolute atomic E-state index is 0.247. The van der Waals surface area contributed by atoms with Crippen LogP contribution in [0.1, 0.15) is 26.3 Å². The van der Waals surface area contributed by atoms with Crippen LogP contribution < -0.4 is 0 Å². The van der Waals surface area contributed by atoms with E-state index in [9.17, 15) is 0 Å². The van der Waals surface area contributed by atoms with Gasteiger partial charge < -0.3 is 0 Å². The van der Waals surface area contributed by atoms with E-state index in [1.54, 1.807) is 0 Å². The number of hydrogen-bond acceptors (Lipinski definition) is 2. The molecule has 0 aliphatic heterocycles. The second-order valence-electron chi connectivity index (χ2n) is 4.19. The predicted molar refractivity (Wildman–Crippen MR) is 61.4 cm³/mol. The summed E-state index contributed by atoms with van der Waals surface area (Å²) in [5.41, 5.74) is 1.09. The predicted octanol–water partition coefficient (Wildman–Crippen LogP) is 3.64. The number of benzene rings is 1. The molecule has 0 fully saturated rings. The van der Waals surface area contributed by atoms with Crippen LogP contribution in [0.15, 0.2) is 29.2 Å². The van der Waals surface area contributed by atoms with E-state index in [-0.39, 0.29) is 4.75 Å². The summed E-state index contributed by atoms with van der Waals surface area (Å²) in [6.07, 6.45) is 0.500. The first kappa shape index (κ1) is 11.1. The molecule has 0 heterocycles. The zero-order valence-electron chi connectivity index (χ0n) is 8.87. The highest BCUT2D eigenvalue weighted by Gasteiger charge is 2.11. The lowest BCUT2D eigenvalue weighted by atomic mass is 10.2. The maximum atomic E-state index is 8.52. The van der Waals surface area contributed by atoms with Gasteiger partial charge in [-0.2, -0.15) is 5.26 Å². The highest BCUT2D eigenvalue weighted by Crippen LogP contribution is 2.31. The molecule has 0 radical (unpaired) electrons. The summed E-state index contributed by atoms with van der Waals surface area (Å²) in [5, 5.41) is 8.52. The van der Waals surface area contributed by atoms with Crippen molar-refractivity contribution in [1.82, 2.24) is 0 Å². The molecule has 0 saturated heterocycles. The van der Waals surface area contributed by atoms with Crippen LogP contribution in [0, 0.1) is 11.3 Å². The molecule has 0 aliphatic carbocycles. The normalized spacial score (nSPS) is 11.0. The Morgan fingerprint density at radius 2 is 1.79 bits per heavy atom.